The molecule has 0 bridgehead atoms. The SMILES string of the molecule is C[C@H]1CCC[C@H](C)N1C(=O)COC(=O)c1cc(C2CC2)nn1-c1ccccc1. The Morgan fingerprint density at radius 3 is 2.39 bits per heavy atom. The Balaban J connectivity index is 1.49. The smallest absolute Gasteiger partial charge is 0.357 e. The Bertz CT molecular complexity index is 847. The molecule has 0 radical (unpaired) electrons. The van der Waals surface area contributed by atoms with E-state index in [0.29, 0.717) is 11.6 Å². The molecule has 6 heteroatoms. The number of para-hydroxylation sites is 1. The number of carbonyl (C=O) groups excluding carboxylic acids is 2. The van der Waals surface area contributed by atoms with E-state index < -0.39 is 5.97 Å². The third kappa shape index (κ3) is 3.81. The second kappa shape index (κ2) is 7.78. The zero-order valence-corrected chi connectivity index (χ0v) is 16.5. The first-order chi connectivity index (χ1) is 13.5. The molecule has 2 fully saturated rings. The maximum atomic E-state index is 12.8. The summed E-state index contributed by atoms with van der Waals surface area (Å²) in [5.74, 6) is -0.205. The fourth-order valence-corrected chi connectivity index (χ4v) is 4.08. The molecule has 1 aliphatic carbocycles. The van der Waals surface area contributed by atoms with Crippen LogP contribution < -0.4 is 0 Å². The number of benzene rings is 1. The van der Waals surface area contributed by atoms with Crippen molar-refractivity contribution in [3.05, 3.63) is 47.8 Å². The van der Waals surface area contributed by atoms with Crippen LogP contribution in [0.3, 0.4) is 0 Å². The van der Waals surface area contributed by atoms with Gasteiger partial charge in [0, 0.05) is 18.0 Å². The van der Waals surface area contributed by atoms with Gasteiger partial charge in [-0.05, 0) is 64.2 Å². The first kappa shape index (κ1) is 18.7. The Morgan fingerprint density at radius 1 is 1.07 bits per heavy atom. The number of aromatic nitrogens is 2. The van der Waals surface area contributed by atoms with Gasteiger partial charge in [-0.1, -0.05) is 18.2 Å². The van der Waals surface area contributed by atoms with Crippen LogP contribution in [-0.4, -0.2) is 45.2 Å². The maximum Gasteiger partial charge on any atom is 0.357 e. The third-order valence-corrected chi connectivity index (χ3v) is 5.74. The molecule has 4 rings (SSSR count). The zero-order valence-electron chi connectivity index (χ0n) is 16.5. The van der Waals surface area contributed by atoms with Crippen molar-refractivity contribution in [2.24, 2.45) is 0 Å². The molecule has 1 saturated carbocycles. The van der Waals surface area contributed by atoms with Crippen LogP contribution >= 0.6 is 0 Å². The highest BCUT2D eigenvalue weighted by Crippen LogP contribution is 2.39. The van der Waals surface area contributed by atoms with Crippen molar-refractivity contribution in [2.75, 3.05) is 6.61 Å². The van der Waals surface area contributed by atoms with E-state index in [1.807, 2.05) is 41.3 Å². The predicted octanol–water partition coefficient (Wildman–Crippen LogP) is 3.70. The van der Waals surface area contributed by atoms with Crippen molar-refractivity contribution in [1.82, 2.24) is 14.7 Å². The van der Waals surface area contributed by atoms with Gasteiger partial charge >= 0.3 is 5.97 Å². The highest BCUT2D eigenvalue weighted by atomic mass is 16.5. The maximum absolute atomic E-state index is 12.8. The zero-order chi connectivity index (χ0) is 19.7. The fourth-order valence-electron chi connectivity index (χ4n) is 4.08. The topological polar surface area (TPSA) is 64.4 Å². The molecule has 1 saturated heterocycles. The number of piperidine rings is 1. The second-order valence-corrected chi connectivity index (χ2v) is 7.98. The van der Waals surface area contributed by atoms with E-state index >= 15 is 0 Å². The van der Waals surface area contributed by atoms with Crippen LogP contribution in [0.1, 0.15) is 68.1 Å². The first-order valence-corrected chi connectivity index (χ1v) is 10.2. The van der Waals surface area contributed by atoms with E-state index in [0.717, 1.165) is 43.5 Å². The van der Waals surface area contributed by atoms with Crippen molar-refractivity contribution in [1.29, 1.82) is 0 Å². The van der Waals surface area contributed by atoms with Gasteiger partial charge in [0.2, 0.25) is 0 Å². The summed E-state index contributed by atoms with van der Waals surface area (Å²) in [6, 6.07) is 11.7. The molecular formula is C22H27N3O3. The minimum absolute atomic E-state index is 0.124. The molecule has 148 valence electrons. The summed E-state index contributed by atoms with van der Waals surface area (Å²) >= 11 is 0. The number of amides is 1. The van der Waals surface area contributed by atoms with Gasteiger partial charge in [-0.25, -0.2) is 9.48 Å². The minimum Gasteiger partial charge on any atom is -0.451 e. The van der Waals surface area contributed by atoms with Crippen molar-refractivity contribution in [3.63, 3.8) is 0 Å². The quantitative estimate of drug-likeness (QED) is 0.741. The largest absolute Gasteiger partial charge is 0.451 e. The number of ether oxygens (including phenoxy) is 1. The van der Waals surface area contributed by atoms with Crippen molar-refractivity contribution >= 4 is 11.9 Å². The number of esters is 1. The Kier molecular flexibility index (Phi) is 5.20. The lowest BCUT2D eigenvalue weighted by atomic mass is 9.97. The molecule has 6 nitrogen and oxygen atoms in total. The molecule has 2 aliphatic rings. The van der Waals surface area contributed by atoms with Crippen molar-refractivity contribution in [2.45, 2.75) is 64.0 Å². The average Bonchev–Trinajstić information content (AvgIpc) is 3.45. The molecule has 1 amide bonds. The summed E-state index contributed by atoms with van der Waals surface area (Å²) in [6.07, 6.45) is 5.32. The fraction of sp³-hybridized carbons (Fsp3) is 0.500. The highest BCUT2D eigenvalue weighted by Gasteiger charge is 2.31. The summed E-state index contributed by atoms with van der Waals surface area (Å²) in [5.41, 5.74) is 2.10. The number of carbonyl (C=O) groups is 2. The molecule has 0 unspecified atom stereocenters. The monoisotopic (exact) mass is 381 g/mol. The molecule has 0 N–H and O–H groups in total. The van der Waals surface area contributed by atoms with E-state index in [1.165, 1.54) is 0 Å². The van der Waals surface area contributed by atoms with Crippen LogP contribution in [0, 0.1) is 0 Å². The van der Waals surface area contributed by atoms with Gasteiger partial charge in [0.1, 0.15) is 0 Å². The Morgan fingerprint density at radius 2 is 1.75 bits per heavy atom. The number of likely N-dealkylation sites (tertiary alicyclic amines) is 1. The lowest BCUT2D eigenvalue weighted by Crippen LogP contribution is -2.49. The number of nitrogens with zero attached hydrogens (tertiary/aromatic N) is 3. The van der Waals surface area contributed by atoms with Gasteiger partial charge in [-0.3, -0.25) is 4.79 Å². The lowest BCUT2D eigenvalue weighted by Gasteiger charge is -2.38. The van der Waals surface area contributed by atoms with Gasteiger partial charge in [-0.15, -0.1) is 0 Å². The van der Waals surface area contributed by atoms with E-state index in [2.05, 4.69) is 18.9 Å². The summed E-state index contributed by atoms with van der Waals surface area (Å²) < 4.78 is 7.06. The van der Waals surface area contributed by atoms with E-state index in [-0.39, 0.29) is 24.6 Å². The lowest BCUT2D eigenvalue weighted by molar-refractivity contribution is -0.140. The van der Waals surface area contributed by atoms with Gasteiger partial charge in [0.15, 0.2) is 12.3 Å². The molecular weight excluding hydrogens is 354 g/mol. The molecule has 2 heterocycles. The Labute approximate surface area is 165 Å². The number of hydrogen-bond donors (Lipinski definition) is 0. The van der Waals surface area contributed by atoms with Crippen LogP contribution in [0.5, 0.6) is 0 Å². The standard InChI is InChI=1S/C22H27N3O3/c1-15-7-6-8-16(2)24(15)21(26)14-28-22(27)20-13-19(17-11-12-17)23-25(20)18-9-4-3-5-10-18/h3-5,9-10,13,15-17H,6-8,11-12,14H2,1-2H3/t15-,16-/m0/s1. The van der Waals surface area contributed by atoms with Crippen LogP contribution in [-0.2, 0) is 9.53 Å². The molecule has 2 atom stereocenters. The van der Waals surface area contributed by atoms with Gasteiger partial charge in [-0.2, -0.15) is 5.10 Å². The average molecular weight is 381 g/mol. The van der Waals surface area contributed by atoms with E-state index in [4.69, 9.17) is 4.74 Å². The van der Waals surface area contributed by atoms with Crippen molar-refractivity contribution in [3.8, 4) is 5.69 Å². The molecule has 2 aromatic rings. The molecule has 0 spiro atoms. The normalized spacial score (nSPS) is 22.1. The van der Waals surface area contributed by atoms with Crippen LogP contribution in [0.2, 0.25) is 0 Å². The van der Waals surface area contributed by atoms with Crippen LogP contribution in [0.25, 0.3) is 5.69 Å². The molecule has 1 aromatic carbocycles. The number of hydrogen-bond acceptors (Lipinski definition) is 4. The van der Waals surface area contributed by atoms with Crippen LogP contribution in [0.15, 0.2) is 36.4 Å². The molecule has 1 aliphatic heterocycles. The van der Waals surface area contributed by atoms with Crippen LogP contribution in [0.4, 0.5) is 0 Å². The summed E-state index contributed by atoms with van der Waals surface area (Å²) in [6.45, 7) is 3.88. The van der Waals surface area contributed by atoms with Gasteiger partial charge < -0.3 is 9.64 Å². The van der Waals surface area contributed by atoms with Gasteiger partial charge in [0.05, 0.1) is 11.4 Å². The third-order valence-electron chi connectivity index (χ3n) is 5.74. The van der Waals surface area contributed by atoms with Gasteiger partial charge in [0.25, 0.3) is 5.91 Å². The second-order valence-electron chi connectivity index (χ2n) is 7.98. The summed E-state index contributed by atoms with van der Waals surface area (Å²) in [4.78, 5) is 27.3. The summed E-state index contributed by atoms with van der Waals surface area (Å²) in [5, 5.41) is 4.63. The molecule has 28 heavy (non-hydrogen) atoms. The summed E-state index contributed by atoms with van der Waals surface area (Å²) in [7, 11) is 0. The predicted molar refractivity (Wildman–Crippen MR) is 105 cm³/mol. The van der Waals surface area contributed by atoms with E-state index in [1.54, 1.807) is 4.68 Å². The molecule has 1 aromatic heterocycles. The number of rotatable bonds is 5. The first-order valence-electron chi connectivity index (χ1n) is 10.2. The minimum atomic E-state index is -0.506. The highest BCUT2D eigenvalue weighted by molar-refractivity contribution is 5.90. The van der Waals surface area contributed by atoms with Crippen molar-refractivity contribution < 1.29 is 14.3 Å². The Hall–Kier alpha value is -2.63. The van der Waals surface area contributed by atoms with E-state index in [9.17, 15) is 9.59 Å².